The van der Waals surface area contributed by atoms with E-state index in [1.165, 1.54) is 6.07 Å². The summed E-state index contributed by atoms with van der Waals surface area (Å²) in [5.41, 5.74) is 0. The molecular weight excluding hydrogens is 328 g/mol. The second-order valence-electron chi connectivity index (χ2n) is 3.86. The molecule has 0 spiro atoms. The number of halogens is 2. The van der Waals surface area contributed by atoms with E-state index < -0.39 is 10.0 Å². The van der Waals surface area contributed by atoms with E-state index in [4.69, 9.17) is 11.6 Å². The SMILES string of the molecule is O=S(=O)(NC1CCNC1)c1cccc(Cl)c1Br. The fourth-order valence-electron chi connectivity index (χ4n) is 1.73. The van der Waals surface area contributed by atoms with Crippen molar-refractivity contribution in [1.82, 2.24) is 10.0 Å². The molecule has 1 saturated heterocycles. The molecular formula is C10H12BrClN2O2S. The molecule has 0 aromatic heterocycles. The quantitative estimate of drug-likeness (QED) is 0.882. The highest BCUT2D eigenvalue weighted by Crippen LogP contribution is 2.29. The van der Waals surface area contributed by atoms with Gasteiger partial charge in [-0.15, -0.1) is 0 Å². The standard InChI is InChI=1S/C10H12BrClN2O2S/c11-10-8(12)2-1-3-9(10)17(15,16)14-7-4-5-13-6-7/h1-3,7,13-14H,4-6H2. The van der Waals surface area contributed by atoms with Crippen LogP contribution in [0, 0.1) is 0 Å². The van der Waals surface area contributed by atoms with Crippen LogP contribution < -0.4 is 10.0 Å². The lowest BCUT2D eigenvalue weighted by atomic mass is 10.3. The molecule has 1 aliphatic rings. The minimum atomic E-state index is -3.52. The average Bonchev–Trinajstić information content (AvgIpc) is 2.73. The summed E-state index contributed by atoms with van der Waals surface area (Å²) in [7, 11) is -3.52. The van der Waals surface area contributed by atoms with Gasteiger partial charge in [-0.1, -0.05) is 17.7 Å². The van der Waals surface area contributed by atoms with Crippen LogP contribution in [0.15, 0.2) is 27.6 Å². The van der Waals surface area contributed by atoms with Crippen molar-refractivity contribution in [3.8, 4) is 0 Å². The maximum atomic E-state index is 12.1. The molecule has 1 fully saturated rings. The highest BCUT2D eigenvalue weighted by molar-refractivity contribution is 9.10. The third kappa shape index (κ3) is 3.00. The maximum absolute atomic E-state index is 12.1. The summed E-state index contributed by atoms with van der Waals surface area (Å²) in [5, 5.41) is 3.49. The Kier molecular flexibility index (Phi) is 4.10. The molecule has 94 valence electrons. The first kappa shape index (κ1) is 13.3. The lowest BCUT2D eigenvalue weighted by molar-refractivity contribution is 0.559. The largest absolute Gasteiger partial charge is 0.315 e. The molecule has 0 radical (unpaired) electrons. The van der Waals surface area contributed by atoms with Crippen LogP contribution in [-0.2, 0) is 10.0 Å². The van der Waals surface area contributed by atoms with Gasteiger partial charge >= 0.3 is 0 Å². The number of hydrogen-bond donors (Lipinski definition) is 2. The van der Waals surface area contributed by atoms with Crippen molar-refractivity contribution >= 4 is 37.6 Å². The Labute approximate surface area is 114 Å². The van der Waals surface area contributed by atoms with Gasteiger partial charge in [0.1, 0.15) is 0 Å². The van der Waals surface area contributed by atoms with Crippen LogP contribution in [-0.4, -0.2) is 27.5 Å². The third-order valence-corrected chi connectivity index (χ3v) is 5.81. The molecule has 1 aliphatic heterocycles. The molecule has 0 bridgehead atoms. The first-order chi connectivity index (χ1) is 8.00. The second-order valence-corrected chi connectivity index (χ2v) is 6.75. The summed E-state index contributed by atoms with van der Waals surface area (Å²) in [4.78, 5) is 0.178. The Morgan fingerprint density at radius 1 is 1.47 bits per heavy atom. The fraction of sp³-hybridized carbons (Fsp3) is 0.400. The molecule has 1 aromatic carbocycles. The van der Waals surface area contributed by atoms with Gasteiger partial charge in [0.25, 0.3) is 0 Å². The molecule has 0 amide bonds. The molecule has 1 atom stereocenters. The highest BCUT2D eigenvalue weighted by Gasteiger charge is 2.24. The molecule has 1 aromatic rings. The Bertz CT molecular complexity index is 515. The first-order valence-corrected chi connectivity index (χ1v) is 7.83. The van der Waals surface area contributed by atoms with Crippen LogP contribution in [0.3, 0.4) is 0 Å². The highest BCUT2D eigenvalue weighted by atomic mass is 79.9. The number of hydrogen-bond acceptors (Lipinski definition) is 3. The first-order valence-electron chi connectivity index (χ1n) is 5.18. The Hall–Kier alpha value is -0.140. The predicted molar refractivity (Wildman–Crippen MR) is 70.7 cm³/mol. The molecule has 1 unspecified atom stereocenters. The van der Waals surface area contributed by atoms with Crippen LogP contribution >= 0.6 is 27.5 Å². The van der Waals surface area contributed by atoms with Crippen LogP contribution in [0.1, 0.15) is 6.42 Å². The van der Waals surface area contributed by atoms with Crippen LogP contribution in [0.4, 0.5) is 0 Å². The van der Waals surface area contributed by atoms with E-state index in [0.29, 0.717) is 16.0 Å². The normalized spacial score (nSPS) is 20.7. The summed E-state index contributed by atoms with van der Waals surface area (Å²) >= 11 is 9.08. The van der Waals surface area contributed by atoms with Crippen molar-refractivity contribution in [2.75, 3.05) is 13.1 Å². The van der Waals surface area contributed by atoms with Gasteiger partial charge in [-0.3, -0.25) is 0 Å². The van der Waals surface area contributed by atoms with Crippen LogP contribution in [0.2, 0.25) is 5.02 Å². The van der Waals surface area contributed by atoms with Crippen LogP contribution in [0.5, 0.6) is 0 Å². The van der Waals surface area contributed by atoms with Gasteiger partial charge < -0.3 is 5.32 Å². The topological polar surface area (TPSA) is 58.2 Å². The van der Waals surface area contributed by atoms with Crippen molar-refractivity contribution in [3.05, 3.63) is 27.7 Å². The minimum absolute atomic E-state index is 0.0501. The Balaban J connectivity index is 2.28. The zero-order chi connectivity index (χ0) is 12.5. The van der Waals surface area contributed by atoms with E-state index in [9.17, 15) is 8.42 Å². The summed E-state index contributed by atoms with van der Waals surface area (Å²) in [6.07, 6.45) is 0.803. The maximum Gasteiger partial charge on any atom is 0.242 e. The van der Waals surface area contributed by atoms with Crippen molar-refractivity contribution in [3.63, 3.8) is 0 Å². The van der Waals surface area contributed by atoms with Gasteiger partial charge in [0.15, 0.2) is 0 Å². The van der Waals surface area contributed by atoms with Gasteiger partial charge in [0.05, 0.1) is 14.4 Å². The Morgan fingerprint density at radius 3 is 2.88 bits per heavy atom. The van der Waals surface area contributed by atoms with Crippen molar-refractivity contribution < 1.29 is 8.42 Å². The second kappa shape index (κ2) is 5.24. The van der Waals surface area contributed by atoms with Crippen LogP contribution in [0.25, 0.3) is 0 Å². The summed E-state index contributed by atoms with van der Waals surface area (Å²) < 4.78 is 27.3. The van der Waals surface area contributed by atoms with E-state index in [2.05, 4.69) is 26.0 Å². The summed E-state index contributed by atoms with van der Waals surface area (Å²) in [6.45, 7) is 1.50. The zero-order valence-corrected chi connectivity index (χ0v) is 12.1. The predicted octanol–water partition coefficient (Wildman–Crippen LogP) is 1.74. The fourth-order valence-corrected chi connectivity index (χ4v) is 4.23. The number of rotatable bonds is 3. The van der Waals surface area contributed by atoms with Gasteiger partial charge in [0, 0.05) is 12.6 Å². The molecule has 7 heteroatoms. The lowest BCUT2D eigenvalue weighted by Gasteiger charge is -2.13. The number of benzene rings is 1. The molecule has 2 rings (SSSR count). The molecule has 0 saturated carbocycles. The van der Waals surface area contributed by atoms with Crippen molar-refractivity contribution in [2.45, 2.75) is 17.4 Å². The smallest absolute Gasteiger partial charge is 0.242 e. The van der Waals surface area contributed by atoms with Crippen molar-refractivity contribution in [1.29, 1.82) is 0 Å². The number of sulfonamides is 1. The monoisotopic (exact) mass is 338 g/mol. The van der Waals surface area contributed by atoms with E-state index >= 15 is 0 Å². The molecule has 1 heterocycles. The number of nitrogens with one attached hydrogen (secondary N) is 2. The van der Waals surface area contributed by atoms with E-state index in [1.54, 1.807) is 12.1 Å². The van der Waals surface area contributed by atoms with E-state index in [-0.39, 0.29) is 10.9 Å². The zero-order valence-electron chi connectivity index (χ0n) is 8.91. The Morgan fingerprint density at radius 2 is 2.24 bits per heavy atom. The summed E-state index contributed by atoms with van der Waals surface area (Å²) in [6, 6.07) is 4.74. The summed E-state index contributed by atoms with van der Waals surface area (Å²) in [5.74, 6) is 0. The van der Waals surface area contributed by atoms with E-state index in [1.807, 2.05) is 0 Å². The molecule has 17 heavy (non-hydrogen) atoms. The lowest BCUT2D eigenvalue weighted by Crippen LogP contribution is -2.36. The van der Waals surface area contributed by atoms with Gasteiger partial charge in [-0.05, 0) is 41.0 Å². The molecule has 0 aliphatic carbocycles. The van der Waals surface area contributed by atoms with E-state index in [0.717, 1.165) is 13.0 Å². The van der Waals surface area contributed by atoms with Crippen molar-refractivity contribution in [2.24, 2.45) is 0 Å². The minimum Gasteiger partial charge on any atom is -0.315 e. The third-order valence-electron chi connectivity index (χ3n) is 2.59. The van der Waals surface area contributed by atoms with Gasteiger partial charge in [0.2, 0.25) is 10.0 Å². The molecule has 2 N–H and O–H groups in total. The average molecular weight is 340 g/mol. The molecule has 4 nitrogen and oxygen atoms in total. The van der Waals surface area contributed by atoms with Gasteiger partial charge in [-0.25, -0.2) is 13.1 Å². The van der Waals surface area contributed by atoms with Gasteiger partial charge in [-0.2, -0.15) is 0 Å².